The highest BCUT2D eigenvalue weighted by Gasteiger charge is 2.13. The number of aromatic nitrogens is 2. The fourth-order valence-corrected chi connectivity index (χ4v) is 2.94. The molecule has 0 atom stereocenters. The lowest BCUT2D eigenvalue weighted by Gasteiger charge is -2.10. The van der Waals surface area contributed by atoms with E-state index in [2.05, 4.69) is 9.97 Å². The SMILES string of the molecule is Nc1ccc(Oc2ccnc(N=C(c3ccccc3)c3ccccc3)c2Cl)cn1. The van der Waals surface area contributed by atoms with Crippen molar-refractivity contribution in [3.8, 4) is 11.5 Å². The Morgan fingerprint density at radius 1 is 0.828 bits per heavy atom. The highest BCUT2D eigenvalue weighted by atomic mass is 35.5. The molecule has 0 aliphatic carbocycles. The predicted octanol–water partition coefficient (Wildman–Crippen LogP) is 5.67. The number of hydrogen-bond donors (Lipinski definition) is 1. The summed E-state index contributed by atoms with van der Waals surface area (Å²) in [6.07, 6.45) is 3.15. The molecule has 0 bridgehead atoms. The molecule has 0 saturated carbocycles. The van der Waals surface area contributed by atoms with Crippen molar-refractivity contribution in [3.05, 3.63) is 107 Å². The van der Waals surface area contributed by atoms with Gasteiger partial charge >= 0.3 is 0 Å². The Morgan fingerprint density at radius 3 is 2.07 bits per heavy atom. The second kappa shape index (κ2) is 8.54. The van der Waals surface area contributed by atoms with Crippen molar-refractivity contribution < 1.29 is 4.74 Å². The van der Waals surface area contributed by atoms with E-state index in [9.17, 15) is 0 Å². The molecule has 0 aliphatic rings. The van der Waals surface area contributed by atoms with Crippen molar-refractivity contribution in [2.24, 2.45) is 4.99 Å². The molecular weight excluding hydrogens is 384 g/mol. The molecule has 0 unspecified atom stereocenters. The van der Waals surface area contributed by atoms with E-state index < -0.39 is 0 Å². The number of pyridine rings is 2. The summed E-state index contributed by atoms with van der Waals surface area (Å²) >= 11 is 6.57. The van der Waals surface area contributed by atoms with Crippen LogP contribution >= 0.6 is 11.6 Å². The van der Waals surface area contributed by atoms with Crippen LogP contribution in [-0.4, -0.2) is 15.7 Å². The quantitative estimate of drug-likeness (QED) is 0.438. The molecule has 0 amide bonds. The van der Waals surface area contributed by atoms with Crippen LogP contribution in [0.2, 0.25) is 5.02 Å². The van der Waals surface area contributed by atoms with Gasteiger partial charge in [-0.25, -0.2) is 15.0 Å². The van der Waals surface area contributed by atoms with Crippen molar-refractivity contribution in [2.45, 2.75) is 0 Å². The van der Waals surface area contributed by atoms with Gasteiger partial charge in [-0.15, -0.1) is 0 Å². The zero-order chi connectivity index (χ0) is 20.1. The smallest absolute Gasteiger partial charge is 0.175 e. The maximum atomic E-state index is 6.57. The van der Waals surface area contributed by atoms with Crippen LogP contribution in [0.5, 0.6) is 11.5 Å². The number of aliphatic imine (C=N–C) groups is 1. The topological polar surface area (TPSA) is 73.4 Å². The molecular formula is C23H17ClN4O. The van der Waals surface area contributed by atoms with Crippen LogP contribution in [0.15, 0.2) is 96.2 Å². The summed E-state index contributed by atoms with van der Waals surface area (Å²) in [5.74, 6) is 1.75. The summed E-state index contributed by atoms with van der Waals surface area (Å²) in [4.78, 5) is 13.1. The summed E-state index contributed by atoms with van der Waals surface area (Å²) in [5.41, 5.74) is 8.32. The maximum absolute atomic E-state index is 6.57. The third-order valence-electron chi connectivity index (χ3n) is 4.13. The summed E-state index contributed by atoms with van der Waals surface area (Å²) in [6, 6.07) is 24.9. The molecule has 2 N–H and O–H groups in total. The Hall–Kier alpha value is -3.70. The van der Waals surface area contributed by atoms with Crippen molar-refractivity contribution in [1.82, 2.24) is 9.97 Å². The molecule has 0 saturated heterocycles. The number of hydrogen-bond acceptors (Lipinski definition) is 5. The third kappa shape index (κ3) is 4.42. The molecule has 2 aromatic heterocycles. The van der Waals surface area contributed by atoms with E-state index in [1.54, 1.807) is 24.4 Å². The second-order valence-electron chi connectivity index (χ2n) is 6.16. The van der Waals surface area contributed by atoms with Gasteiger partial charge in [-0.3, -0.25) is 0 Å². The summed E-state index contributed by atoms with van der Waals surface area (Å²) < 4.78 is 5.84. The zero-order valence-corrected chi connectivity index (χ0v) is 16.1. The van der Waals surface area contributed by atoms with E-state index in [4.69, 9.17) is 27.1 Å². The molecule has 0 spiro atoms. The first-order chi connectivity index (χ1) is 14.2. The van der Waals surface area contributed by atoms with Gasteiger partial charge in [-0.1, -0.05) is 72.3 Å². The van der Waals surface area contributed by atoms with Crippen molar-refractivity contribution >= 4 is 28.9 Å². The van der Waals surface area contributed by atoms with Crippen LogP contribution in [0.1, 0.15) is 11.1 Å². The lowest BCUT2D eigenvalue weighted by Crippen LogP contribution is -2.03. The molecule has 4 aromatic rings. The molecule has 0 radical (unpaired) electrons. The molecule has 142 valence electrons. The average molecular weight is 401 g/mol. The van der Waals surface area contributed by atoms with Gasteiger partial charge in [-0.2, -0.15) is 0 Å². The van der Waals surface area contributed by atoms with Crippen LogP contribution in [0, 0.1) is 0 Å². The Balaban J connectivity index is 1.76. The number of ether oxygens (including phenoxy) is 1. The fraction of sp³-hybridized carbons (Fsp3) is 0. The van der Waals surface area contributed by atoms with E-state index in [-0.39, 0.29) is 0 Å². The standard InChI is InChI=1S/C23H17ClN4O/c24-21-19(29-18-11-12-20(25)27-15-18)13-14-26-23(21)28-22(16-7-3-1-4-8-16)17-9-5-2-6-10-17/h1-15H,(H2,25,27). The number of rotatable bonds is 5. The molecule has 0 aliphatic heterocycles. The van der Waals surface area contributed by atoms with Gasteiger partial charge in [0, 0.05) is 23.4 Å². The highest BCUT2D eigenvalue weighted by Crippen LogP contribution is 2.35. The van der Waals surface area contributed by atoms with Crippen LogP contribution < -0.4 is 10.5 Å². The Labute approximate surface area is 173 Å². The summed E-state index contributed by atoms with van der Waals surface area (Å²) in [7, 11) is 0. The molecule has 2 aromatic carbocycles. The lowest BCUT2D eigenvalue weighted by atomic mass is 10.0. The number of anilines is 1. The molecule has 0 fully saturated rings. The zero-order valence-electron chi connectivity index (χ0n) is 15.4. The normalized spacial score (nSPS) is 10.4. The predicted molar refractivity (Wildman–Crippen MR) is 116 cm³/mol. The van der Waals surface area contributed by atoms with Crippen molar-refractivity contribution in [1.29, 1.82) is 0 Å². The summed E-state index contributed by atoms with van der Waals surface area (Å²) in [5, 5.41) is 0.314. The molecule has 29 heavy (non-hydrogen) atoms. The third-order valence-corrected chi connectivity index (χ3v) is 4.49. The first kappa shape index (κ1) is 18.7. The highest BCUT2D eigenvalue weighted by molar-refractivity contribution is 6.34. The second-order valence-corrected chi connectivity index (χ2v) is 6.54. The largest absolute Gasteiger partial charge is 0.454 e. The average Bonchev–Trinajstić information content (AvgIpc) is 2.77. The van der Waals surface area contributed by atoms with Crippen molar-refractivity contribution in [3.63, 3.8) is 0 Å². The minimum Gasteiger partial charge on any atom is -0.454 e. The Morgan fingerprint density at radius 2 is 1.48 bits per heavy atom. The van der Waals surface area contributed by atoms with E-state index in [0.29, 0.717) is 28.2 Å². The van der Waals surface area contributed by atoms with Gasteiger partial charge in [0.2, 0.25) is 0 Å². The van der Waals surface area contributed by atoms with Gasteiger partial charge in [0.1, 0.15) is 16.6 Å². The van der Waals surface area contributed by atoms with Crippen molar-refractivity contribution in [2.75, 3.05) is 5.73 Å². The maximum Gasteiger partial charge on any atom is 0.175 e. The number of nitrogen functional groups attached to an aromatic ring is 1. The molecule has 6 heteroatoms. The van der Waals surface area contributed by atoms with Gasteiger partial charge in [-0.05, 0) is 12.1 Å². The first-order valence-electron chi connectivity index (χ1n) is 8.94. The van der Waals surface area contributed by atoms with Crippen LogP contribution in [0.4, 0.5) is 11.6 Å². The van der Waals surface area contributed by atoms with Crippen LogP contribution in [0.25, 0.3) is 0 Å². The van der Waals surface area contributed by atoms with Gasteiger partial charge in [0.25, 0.3) is 0 Å². The Kier molecular flexibility index (Phi) is 5.49. The molecule has 2 heterocycles. The van der Waals surface area contributed by atoms with E-state index in [0.717, 1.165) is 16.8 Å². The minimum atomic E-state index is 0.314. The van der Waals surface area contributed by atoms with Crippen LogP contribution in [-0.2, 0) is 0 Å². The van der Waals surface area contributed by atoms with Gasteiger partial charge < -0.3 is 10.5 Å². The first-order valence-corrected chi connectivity index (χ1v) is 9.32. The number of benzene rings is 2. The van der Waals surface area contributed by atoms with E-state index >= 15 is 0 Å². The molecule has 4 rings (SSSR count). The Bertz CT molecular complexity index is 1090. The van der Waals surface area contributed by atoms with Gasteiger partial charge in [0.05, 0.1) is 11.9 Å². The number of halogens is 1. The van der Waals surface area contributed by atoms with Gasteiger partial charge in [0.15, 0.2) is 11.6 Å². The number of nitrogens with two attached hydrogens (primary N) is 1. The number of nitrogens with zero attached hydrogens (tertiary/aromatic N) is 3. The lowest BCUT2D eigenvalue weighted by molar-refractivity contribution is 0.480. The monoisotopic (exact) mass is 400 g/mol. The minimum absolute atomic E-state index is 0.314. The fourth-order valence-electron chi connectivity index (χ4n) is 2.75. The van der Waals surface area contributed by atoms with Crippen LogP contribution in [0.3, 0.4) is 0 Å². The van der Waals surface area contributed by atoms with E-state index in [1.165, 1.54) is 6.20 Å². The molecule has 5 nitrogen and oxygen atoms in total. The summed E-state index contributed by atoms with van der Waals surface area (Å²) in [6.45, 7) is 0. The van der Waals surface area contributed by atoms with E-state index in [1.807, 2.05) is 60.7 Å².